The topological polar surface area (TPSA) is 46.5 Å². The number of carbonyl (C=O) groups is 1. The molecule has 2 saturated carbocycles. The Morgan fingerprint density at radius 1 is 1.41 bits per heavy atom. The first-order valence-corrected chi connectivity index (χ1v) is 5.77. The third-order valence-electron chi connectivity index (χ3n) is 4.22. The van der Waals surface area contributed by atoms with Crippen LogP contribution in [0.15, 0.2) is 0 Å². The lowest BCUT2D eigenvalue weighted by molar-refractivity contribution is -0.326. The summed E-state index contributed by atoms with van der Waals surface area (Å²) in [4.78, 5) is 11.3. The van der Waals surface area contributed by atoms with Gasteiger partial charge in [0.15, 0.2) is 0 Å². The van der Waals surface area contributed by atoms with Crippen molar-refractivity contribution >= 4 is 5.97 Å². The van der Waals surface area contributed by atoms with E-state index in [1.165, 1.54) is 0 Å². The summed E-state index contributed by atoms with van der Waals surface area (Å²) in [5.41, 5.74) is -0.978. The smallest absolute Gasteiger partial charge is 0.481 e. The van der Waals surface area contributed by atoms with E-state index in [0.717, 1.165) is 19.3 Å². The zero-order valence-corrected chi connectivity index (χ0v) is 9.29. The molecule has 0 saturated heterocycles. The van der Waals surface area contributed by atoms with Gasteiger partial charge in [-0.2, -0.15) is 0 Å². The van der Waals surface area contributed by atoms with E-state index in [4.69, 9.17) is 0 Å². The molecule has 3 nitrogen and oxygen atoms in total. The molecule has 0 aromatic carbocycles. The number of aliphatic carboxylic acids is 1. The third-order valence-corrected chi connectivity index (χ3v) is 4.22. The molecule has 0 radical (unpaired) electrons. The van der Waals surface area contributed by atoms with Gasteiger partial charge in [0.25, 0.3) is 0 Å². The third kappa shape index (κ3) is 2.41. The molecule has 0 spiro atoms. The molecule has 0 aromatic heterocycles. The predicted molar refractivity (Wildman–Crippen MR) is 52.1 cm³/mol. The summed E-state index contributed by atoms with van der Waals surface area (Å²) < 4.78 is 39.3. The van der Waals surface area contributed by atoms with Crippen molar-refractivity contribution in [2.75, 3.05) is 6.61 Å². The van der Waals surface area contributed by atoms with Crippen LogP contribution in [0.3, 0.4) is 0 Å². The van der Waals surface area contributed by atoms with E-state index in [1.807, 2.05) is 0 Å². The molecule has 1 N–H and O–H groups in total. The van der Waals surface area contributed by atoms with Crippen molar-refractivity contribution < 1.29 is 27.8 Å². The van der Waals surface area contributed by atoms with Gasteiger partial charge in [0, 0.05) is 0 Å². The van der Waals surface area contributed by atoms with Crippen molar-refractivity contribution in [3.05, 3.63) is 0 Å². The second kappa shape index (κ2) is 4.15. The molecule has 3 unspecified atom stereocenters. The van der Waals surface area contributed by atoms with Crippen molar-refractivity contribution in [2.24, 2.45) is 17.3 Å². The van der Waals surface area contributed by atoms with Gasteiger partial charge in [-0.05, 0) is 37.5 Å². The van der Waals surface area contributed by atoms with E-state index in [2.05, 4.69) is 4.74 Å². The molecule has 0 aromatic rings. The maximum absolute atomic E-state index is 11.9. The molecular weight excluding hydrogens is 237 g/mol. The summed E-state index contributed by atoms with van der Waals surface area (Å²) in [7, 11) is 0. The highest BCUT2D eigenvalue weighted by Crippen LogP contribution is 2.57. The molecule has 0 aliphatic heterocycles. The monoisotopic (exact) mass is 252 g/mol. The lowest BCUT2D eigenvalue weighted by Crippen LogP contribution is -2.38. The molecule has 2 aliphatic rings. The van der Waals surface area contributed by atoms with Crippen LogP contribution in [0.5, 0.6) is 0 Å². The van der Waals surface area contributed by atoms with Crippen LogP contribution in [0.1, 0.15) is 32.1 Å². The van der Waals surface area contributed by atoms with E-state index >= 15 is 0 Å². The highest BCUT2D eigenvalue weighted by molar-refractivity contribution is 5.75. The van der Waals surface area contributed by atoms with Crippen LogP contribution in [-0.4, -0.2) is 24.0 Å². The van der Waals surface area contributed by atoms with E-state index in [1.54, 1.807) is 0 Å². The maximum atomic E-state index is 11.9. The fourth-order valence-corrected chi connectivity index (χ4v) is 3.47. The molecule has 0 amide bonds. The van der Waals surface area contributed by atoms with Gasteiger partial charge >= 0.3 is 12.3 Å². The summed E-state index contributed by atoms with van der Waals surface area (Å²) in [6.45, 7) is -0.557. The number of carboxylic acid groups (broad SMARTS) is 1. The van der Waals surface area contributed by atoms with Crippen LogP contribution in [0.4, 0.5) is 13.2 Å². The van der Waals surface area contributed by atoms with Crippen LogP contribution in [0.25, 0.3) is 0 Å². The summed E-state index contributed by atoms with van der Waals surface area (Å²) in [6.07, 6.45) is -1.52. The first-order chi connectivity index (χ1) is 7.83. The number of fused-ring (bicyclic) bond motifs is 2. The fraction of sp³-hybridized carbons (Fsp3) is 0.909. The molecule has 2 rings (SSSR count). The lowest BCUT2D eigenvalue weighted by Gasteiger charge is -2.33. The molecule has 2 fully saturated rings. The Morgan fingerprint density at radius 3 is 2.53 bits per heavy atom. The maximum Gasteiger partial charge on any atom is 0.522 e. The standard InChI is InChI=1S/C11H15F3O3/c12-11(13,14)17-4-3-10(9(15)16)6-7-1-2-8(10)5-7/h7-8H,1-6H2,(H,15,16). The zero-order valence-electron chi connectivity index (χ0n) is 9.29. The zero-order chi connectivity index (χ0) is 12.7. The Balaban J connectivity index is 1.97. The van der Waals surface area contributed by atoms with Gasteiger partial charge in [0.2, 0.25) is 0 Å². The number of halogens is 3. The minimum atomic E-state index is -4.67. The van der Waals surface area contributed by atoms with Gasteiger partial charge in [0.05, 0.1) is 12.0 Å². The van der Waals surface area contributed by atoms with Crippen molar-refractivity contribution in [1.29, 1.82) is 0 Å². The summed E-state index contributed by atoms with van der Waals surface area (Å²) in [5.74, 6) is -0.556. The van der Waals surface area contributed by atoms with Crippen LogP contribution in [-0.2, 0) is 9.53 Å². The minimum absolute atomic E-state index is 0.0295. The number of hydrogen-bond donors (Lipinski definition) is 1. The average molecular weight is 252 g/mol. The number of rotatable bonds is 4. The lowest BCUT2D eigenvalue weighted by atomic mass is 9.71. The van der Waals surface area contributed by atoms with E-state index in [0.29, 0.717) is 12.3 Å². The van der Waals surface area contributed by atoms with Crippen molar-refractivity contribution in [1.82, 2.24) is 0 Å². The second-order valence-electron chi connectivity index (χ2n) is 5.09. The highest BCUT2D eigenvalue weighted by atomic mass is 19.4. The number of ether oxygens (including phenoxy) is 1. The minimum Gasteiger partial charge on any atom is -0.481 e. The molecule has 0 heterocycles. The van der Waals surface area contributed by atoms with Crippen LogP contribution >= 0.6 is 0 Å². The Kier molecular flexibility index (Phi) is 3.10. The number of alkyl halides is 3. The van der Waals surface area contributed by atoms with Crippen molar-refractivity contribution in [3.8, 4) is 0 Å². The Morgan fingerprint density at radius 2 is 2.12 bits per heavy atom. The second-order valence-corrected chi connectivity index (χ2v) is 5.09. The van der Waals surface area contributed by atoms with Crippen LogP contribution in [0, 0.1) is 17.3 Å². The molecule has 6 heteroatoms. The largest absolute Gasteiger partial charge is 0.522 e. The van der Waals surface area contributed by atoms with Crippen molar-refractivity contribution in [3.63, 3.8) is 0 Å². The van der Waals surface area contributed by atoms with E-state index < -0.39 is 24.4 Å². The quantitative estimate of drug-likeness (QED) is 0.836. The SMILES string of the molecule is O=C(O)C1(CCOC(F)(F)F)CC2CCC1C2. The Hall–Kier alpha value is -0.780. The summed E-state index contributed by atoms with van der Waals surface area (Å²) in [6, 6.07) is 0. The summed E-state index contributed by atoms with van der Waals surface area (Å²) >= 11 is 0. The normalized spacial score (nSPS) is 36.4. The van der Waals surface area contributed by atoms with Gasteiger partial charge in [-0.25, -0.2) is 0 Å². The summed E-state index contributed by atoms with van der Waals surface area (Å²) in [5, 5.41) is 9.28. The van der Waals surface area contributed by atoms with Crippen molar-refractivity contribution in [2.45, 2.75) is 38.5 Å². The molecule has 2 aliphatic carbocycles. The van der Waals surface area contributed by atoms with Gasteiger partial charge < -0.3 is 5.11 Å². The fourth-order valence-electron chi connectivity index (χ4n) is 3.47. The van der Waals surface area contributed by atoms with Gasteiger partial charge in [-0.3, -0.25) is 9.53 Å². The van der Waals surface area contributed by atoms with E-state index in [9.17, 15) is 23.1 Å². The predicted octanol–water partition coefficient (Wildman–Crippen LogP) is 2.80. The van der Waals surface area contributed by atoms with Crippen LogP contribution in [0.2, 0.25) is 0 Å². The van der Waals surface area contributed by atoms with Gasteiger partial charge in [-0.15, -0.1) is 13.2 Å². The number of hydrogen-bond acceptors (Lipinski definition) is 2. The molecule has 2 bridgehead atoms. The first-order valence-electron chi connectivity index (χ1n) is 5.77. The number of carboxylic acids is 1. The Labute approximate surface area is 96.9 Å². The molecule has 17 heavy (non-hydrogen) atoms. The molecule has 98 valence electrons. The first kappa shape index (κ1) is 12.7. The van der Waals surface area contributed by atoms with E-state index in [-0.39, 0.29) is 12.3 Å². The molecule has 3 atom stereocenters. The Bertz CT molecular complexity index is 316. The molecular formula is C11H15F3O3. The average Bonchev–Trinajstić information content (AvgIpc) is 2.75. The van der Waals surface area contributed by atoms with Crippen LogP contribution < -0.4 is 0 Å². The van der Waals surface area contributed by atoms with Gasteiger partial charge in [0.1, 0.15) is 0 Å². The highest BCUT2D eigenvalue weighted by Gasteiger charge is 2.55. The van der Waals surface area contributed by atoms with Gasteiger partial charge in [-0.1, -0.05) is 6.42 Å².